The van der Waals surface area contributed by atoms with E-state index in [4.69, 9.17) is 0 Å². The van der Waals surface area contributed by atoms with Crippen LogP contribution in [0.2, 0.25) is 0 Å². The molecule has 0 bridgehead atoms. The summed E-state index contributed by atoms with van der Waals surface area (Å²) in [6.45, 7) is 0. The van der Waals surface area contributed by atoms with E-state index >= 15 is 0 Å². The van der Waals surface area contributed by atoms with Crippen LogP contribution in [-0.2, 0) is 13.2 Å². The highest BCUT2D eigenvalue weighted by Gasteiger charge is 2.32. The summed E-state index contributed by atoms with van der Waals surface area (Å²) in [5.41, 5.74) is 1.25. The van der Waals surface area contributed by atoms with Crippen LogP contribution in [0.4, 0.5) is 13.2 Å². The molecule has 1 amide bonds. The van der Waals surface area contributed by atoms with E-state index in [1.807, 2.05) is 0 Å². The number of hydrogen-bond donors (Lipinski definition) is 1. The molecular formula is C13H10BrF3N4O. The molecular weight excluding hydrogens is 365 g/mol. The predicted molar refractivity (Wildman–Crippen MR) is 77.4 cm³/mol. The molecule has 2 rings (SSSR count). The van der Waals surface area contributed by atoms with Crippen molar-refractivity contribution in [2.24, 2.45) is 12.1 Å². The second-order valence-electron chi connectivity index (χ2n) is 4.28. The maximum Gasteiger partial charge on any atom is 0.417 e. The molecule has 0 fully saturated rings. The van der Waals surface area contributed by atoms with Gasteiger partial charge in [0.05, 0.1) is 16.3 Å². The van der Waals surface area contributed by atoms with E-state index in [0.717, 1.165) is 12.3 Å². The Balaban J connectivity index is 2.14. The number of carbonyl (C=O) groups is 1. The number of amides is 1. The normalized spacial score (nSPS) is 11.9. The largest absolute Gasteiger partial charge is 0.417 e. The van der Waals surface area contributed by atoms with Crippen LogP contribution in [0.3, 0.4) is 0 Å². The van der Waals surface area contributed by atoms with E-state index < -0.39 is 17.6 Å². The molecule has 1 aromatic carbocycles. The van der Waals surface area contributed by atoms with Crippen molar-refractivity contribution < 1.29 is 18.0 Å². The van der Waals surface area contributed by atoms with Gasteiger partial charge in [-0.25, -0.2) is 5.43 Å². The Morgan fingerprint density at radius 2 is 2.09 bits per heavy atom. The number of benzene rings is 1. The molecule has 0 atom stereocenters. The van der Waals surface area contributed by atoms with Gasteiger partial charge in [0.25, 0.3) is 5.91 Å². The van der Waals surface area contributed by atoms with Crippen molar-refractivity contribution in [3.8, 4) is 0 Å². The predicted octanol–water partition coefficient (Wildman–Crippen LogP) is 2.97. The molecule has 2 aromatic rings. The summed E-state index contributed by atoms with van der Waals surface area (Å²) in [4.78, 5) is 11.8. The zero-order chi connectivity index (χ0) is 16.3. The van der Waals surface area contributed by atoms with Crippen LogP contribution in [0.5, 0.6) is 0 Å². The second-order valence-corrected chi connectivity index (χ2v) is 5.14. The maximum atomic E-state index is 12.8. The monoisotopic (exact) mass is 374 g/mol. The van der Waals surface area contributed by atoms with Gasteiger partial charge in [0, 0.05) is 18.8 Å². The lowest BCUT2D eigenvalue weighted by Gasteiger charge is -2.09. The first-order valence-corrected chi connectivity index (χ1v) is 6.77. The average molecular weight is 375 g/mol. The highest BCUT2D eigenvalue weighted by molar-refractivity contribution is 9.10. The van der Waals surface area contributed by atoms with Gasteiger partial charge in [-0.15, -0.1) is 0 Å². The van der Waals surface area contributed by atoms with E-state index in [2.05, 4.69) is 31.6 Å². The highest BCUT2D eigenvalue weighted by Crippen LogP contribution is 2.31. The quantitative estimate of drug-likeness (QED) is 0.663. The number of halogens is 4. The van der Waals surface area contributed by atoms with Crippen LogP contribution >= 0.6 is 15.9 Å². The third-order valence-corrected chi connectivity index (χ3v) is 3.22. The Morgan fingerprint density at radius 1 is 1.41 bits per heavy atom. The standard InChI is InChI=1S/C13H10BrF3N4O/c1-21-7-10(14)11(20-21)12(22)19-18-6-8-4-2-3-5-9(8)13(15,16)17/h2-7H,1H3,(H,19,22)/b18-6+. The lowest BCUT2D eigenvalue weighted by molar-refractivity contribution is -0.137. The molecule has 0 aliphatic carbocycles. The van der Waals surface area contributed by atoms with Crippen LogP contribution < -0.4 is 5.43 Å². The van der Waals surface area contributed by atoms with Crippen molar-refractivity contribution in [2.45, 2.75) is 6.18 Å². The van der Waals surface area contributed by atoms with Gasteiger partial charge in [-0.3, -0.25) is 9.48 Å². The number of carbonyl (C=O) groups excluding carboxylic acids is 1. The average Bonchev–Trinajstić information content (AvgIpc) is 2.77. The van der Waals surface area contributed by atoms with Crippen LogP contribution in [0.15, 0.2) is 40.0 Å². The van der Waals surface area contributed by atoms with Gasteiger partial charge in [0.15, 0.2) is 5.69 Å². The Bertz CT molecular complexity index is 724. The van der Waals surface area contributed by atoms with Crippen molar-refractivity contribution in [1.29, 1.82) is 0 Å². The number of aromatic nitrogens is 2. The molecule has 9 heteroatoms. The van der Waals surface area contributed by atoms with Crippen LogP contribution in [-0.4, -0.2) is 21.9 Å². The van der Waals surface area contributed by atoms with Gasteiger partial charge in [-0.1, -0.05) is 18.2 Å². The van der Waals surface area contributed by atoms with E-state index in [9.17, 15) is 18.0 Å². The fourth-order valence-corrected chi connectivity index (χ4v) is 2.25. The third-order valence-electron chi connectivity index (χ3n) is 2.64. The number of rotatable bonds is 3. The van der Waals surface area contributed by atoms with E-state index in [0.29, 0.717) is 4.47 Å². The van der Waals surface area contributed by atoms with Gasteiger partial charge >= 0.3 is 6.18 Å². The SMILES string of the molecule is Cn1cc(Br)c(C(=O)N/N=C/c2ccccc2C(F)(F)F)n1. The molecule has 0 saturated carbocycles. The first kappa shape index (κ1) is 16.2. The minimum absolute atomic E-state index is 0.0868. The molecule has 22 heavy (non-hydrogen) atoms. The molecule has 1 aromatic heterocycles. The lowest BCUT2D eigenvalue weighted by atomic mass is 10.1. The maximum absolute atomic E-state index is 12.8. The third kappa shape index (κ3) is 3.73. The zero-order valence-electron chi connectivity index (χ0n) is 11.2. The topological polar surface area (TPSA) is 59.3 Å². The summed E-state index contributed by atoms with van der Waals surface area (Å²) in [6, 6.07) is 4.94. The minimum atomic E-state index is -4.49. The minimum Gasteiger partial charge on any atom is -0.274 e. The number of hydrazone groups is 1. The summed E-state index contributed by atoms with van der Waals surface area (Å²) in [5.74, 6) is -0.631. The first-order chi connectivity index (χ1) is 10.3. The number of aryl methyl sites for hydroxylation is 1. The molecule has 1 heterocycles. The van der Waals surface area contributed by atoms with Gasteiger partial charge < -0.3 is 0 Å². The summed E-state index contributed by atoms with van der Waals surface area (Å²) in [7, 11) is 1.63. The Hall–Kier alpha value is -2.16. The molecule has 0 spiro atoms. The Kier molecular flexibility index (Phi) is 4.65. The van der Waals surface area contributed by atoms with Crippen LogP contribution in [0.1, 0.15) is 21.6 Å². The summed E-state index contributed by atoms with van der Waals surface area (Å²) >= 11 is 3.15. The van der Waals surface area contributed by atoms with Gasteiger partial charge in [0.2, 0.25) is 0 Å². The van der Waals surface area contributed by atoms with Crippen molar-refractivity contribution >= 4 is 28.1 Å². The molecule has 0 aliphatic rings. The van der Waals surface area contributed by atoms with Gasteiger partial charge in [-0.2, -0.15) is 23.4 Å². The number of alkyl halides is 3. The second kappa shape index (κ2) is 6.30. The smallest absolute Gasteiger partial charge is 0.274 e. The fourth-order valence-electron chi connectivity index (χ4n) is 1.69. The molecule has 116 valence electrons. The number of nitrogens with one attached hydrogen (secondary N) is 1. The van der Waals surface area contributed by atoms with Gasteiger partial charge in [0.1, 0.15) is 0 Å². The number of hydrogen-bond acceptors (Lipinski definition) is 3. The number of nitrogens with zero attached hydrogens (tertiary/aromatic N) is 3. The molecule has 0 unspecified atom stereocenters. The molecule has 5 nitrogen and oxygen atoms in total. The molecule has 1 N–H and O–H groups in total. The molecule has 0 aliphatic heterocycles. The van der Waals surface area contributed by atoms with Crippen LogP contribution in [0, 0.1) is 0 Å². The first-order valence-electron chi connectivity index (χ1n) is 5.98. The van der Waals surface area contributed by atoms with E-state index in [1.165, 1.54) is 22.9 Å². The molecule has 0 saturated heterocycles. The molecule has 0 radical (unpaired) electrons. The van der Waals surface area contributed by atoms with Crippen molar-refractivity contribution in [3.63, 3.8) is 0 Å². The summed E-state index contributed by atoms with van der Waals surface area (Å²) < 4.78 is 40.2. The zero-order valence-corrected chi connectivity index (χ0v) is 12.8. The summed E-state index contributed by atoms with van der Waals surface area (Å²) in [6.07, 6.45) is -1.98. The fraction of sp³-hybridized carbons (Fsp3) is 0.154. The van der Waals surface area contributed by atoms with Crippen molar-refractivity contribution in [1.82, 2.24) is 15.2 Å². The summed E-state index contributed by atoms with van der Waals surface area (Å²) in [5, 5.41) is 7.44. The Morgan fingerprint density at radius 3 is 2.68 bits per heavy atom. The van der Waals surface area contributed by atoms with Crippen LogP contribution in [0.25, 0.3) is 0 Å². The Labute approximate surface area is 131 Å². The van der Waals surface area contributed by atoms with Gasteiger partial charge in [-0.05, 0) is 22.0 Å². The van der Waals surface area contributed by atoms with Crippen molar-refractivity contribution in [3.05, 3.63) is 51.8 Å². The highest BCUT2D eigenvalue weighted by atomic mass is 79.9. The van der Waals surface area contributed by atoms with E-state index in [1.54, 1.807) is 13.2 Å². The van der Waals surface area contributed by atoms with E-state index in [-0.39, 0.29) is 11.3 Å². The van der Waals surface area contributed by atoms with Crippen molar-refractivity contribution in [2.75, 3.05) is 0 Å². The lowest BCUT2D eigenvalue weighted by Crippen LogP contribution is -2.19.